The van der Waals surface area contributed by atoms with Crippen LogP contribution in [0, 0.1) is 0 Å². The number of hydrogen-bond donors (Lipinski definition) is 0. The normalized spacial score (nSPS) is 14.4. The third-order valence-corrected chi connectivity index (χ3v) is 6.18. The van der Waals surface area contributed by atoms with Crippen molar-refractivity contribution in [2.45, 2.75) is 38.1 Å². The molecule has 0 fully saturated rings. The smallest absolute Gasteiger partial charge is 0.299 e. The van der Waals surface area contributed by atoms with E-state index in [-0.39, 0.29) is 18.0 Å². The van der Waals surface area contributed by atoms with Crippen LogP contribution in [0.3, 0.4) is 0 Å². The van der Waals surface area contributed by atoms with Gasteiger partial charge in [0.15, 0.2) is 0 Å². The number of rotatable bonds is 8. The zero-order valence-corrected chi connectivity index (χ0v) is 12.8. The fourth-order valence-corrected chi connectivity index (χ4v) is 4.98. The number of alkyl halides is 3. The summed E-state index contributed by atoms with van der Waals surface area (Å²) in [4.78, 5) is 11.6. The predicted molar refractivity (Wildman–Crippen MR) is 71.1 cm³/mol. The Morgan fingerprint density at radius 3 is 2.11 bits per heavy atom. The third-order valence-electron chi connectivity index (χ3n) is 2.17. The highest BCUT2D eigenvalue weighted by Gasteiger charge is 2.55. The first-order valence-corrected chi connectivity index (χ1v) is 9.71. The molecule has 0 unspecified atom stereocenters. The number of unbranched alkanes of at least 4 members (excludes halogenated alkanes) is 2. The molecule has 4 nitrogen and oxygen atoms in total. The average Bonchev–Trinajstić information content (AvgIpc) is 2.13. The van der Waals surface area contributed by atoms with Crippen LogP contribution in [0.15, 0.2) is 0 Å². The van der Waals surface area contributed by atoms with Crippen LogP contribution >= 0.6 is 10.3 Å². The molecular formula is C10H20F3O4S2+. The van der Waals surface area contributed by atoms with E-state index < -0.39 is 25.9 Å². The molecule has 0 aromatic heterocycles. The largest absolute Gasteiger partial charge is 0.572 e. The second-order valence-corrected chi connectivity index (χ2v) is 9.87. The van der Waals surface area contributed by atoms with Crippen LogP contribution in [-0.4, -0.2) is 41.6 Å². The Morgan fingerprint density at radius 1 is 1.16 bits per heavy atom. The quantitative estimate of drug-likeness (QED) is 0.298. The summed E-state index contributed by atoms with van der Waals surface area (Å²) < 4.78 is 61.3. The lowest BCUT2D eigenvalue weighted by Crippen LogP contribution is -2.31. The molecule has 0 atom stereocenters. The van der Waals surface area contributed by atoms with E-state index in [1.165, 1.54) is 12.5 Å². The van der Waals surface area contributed by atoms with Gasteiger partial charge in [0.2, 0.25) is 0 Å². The van der Waals surface area contributed by atoms with Gasteiger partial charge in [-0.1, -0.05) is 19.8 Å². The summed E-state index contributed by atoms with van der Waals surface area (Å²) in [6, 6.07) is 0. The summed E-state index contributed by atoms with van der Waals surface area (Å²) in [5, 5.41) is 0. The van der Waals surface area contributed by atoms with Crippen LogP contribution in [0.5, 0.6) is 0 Å². The maximum atomic E-state index is 12.2. The number of ketones is 1. The molecule has 0 aliphatic carbocycles. The number of Topliss-reactive ketones (excluding diaryl/α,β-unsaturated/α-hetero) is 1. The first kappa shape index (κ1) is 18.7. The van der Waals surface area contributed by atoms with Gasteiger partial charge in [0.05, 0.1) is 5.75 Å². The molecule has 0 aromatic rings. The molecule has 0 radical (unpaired) electrons. The van der Waals surface area contributed by atoms with Gasteiger partial charge in [-0.3, -0.25) is 8.42 Å². The fraction of sp³-hybridized carbons (Fsp3) is 0.900. The van der Waals surface area contributed by atoms with Crippen molar-refractivity contribution < 1.29 is 30.0 Å². The van der Waals surface area contributed by atoms with E-state index in [1.54, 1.807) is 0 Å². The summed E-state index contributed by atoms with van der Waals surface area (Å²) in [5.41, 5.74) is -5.40. The Hall–Kier alpha value is -0.280. The van der Waals surface area contributed by atoms with Crippen molar-refractivity contribution in [3.05, 3.63) is 0 Å². The predicted octanol–water partition coefficient (Wildman–Crippen LogP) is 3.06. The average molecular weight is 325 g/mol. The van der Waals surface area contributed by atoms with Crippen molar-refractivity contribution in [2.75, 3.05) is 18.3 Å². The minimum Gasteiger partial charge on any atom is -0.299 e. The zero-order valence-electron chi connectivity index (χ0n) is 11.2. The number of carbonyl (C=O) groups is 1. The summed E-state index contributed by atoms with van der Waals surface area (Å²) in [6.07, 6.45) is 5.28. The molecule has 9 heteroatoms. The highest BCUT2D eigenvalue weighted by Crippen LogP contribution is 2.43. The number of halogens is 3. The van der Waals surface area contributed by atoms with Gasteiger partial charge in [-0.05, 0) is 16.7 Å². The minimum absolute atomic E-state index is 0.230. The highest BCUT2D eigenvalue weighted by molar-refractivity contribution is 8.31. The van der Waals surface area contributed by atoms with Crippen molar-refractivity contribution in [1.29, 1.82) is 0 Å². The van der Waals surface area contributed by atoms with E-state index in [0.29, 0.717) is 6.42 Å². The van der Waals surface area contributed by atoms with E-state index in [2.05, 4.69) is 3.63 Å². The van der Waals surface area contributed by atoms with Crippen LogP contribution in [0.2, 0.25) is 0 Å². The zero-order chi connectivity index (χ0) is 15.3. The van der Waals surface area contributed by atoms with Gasteiger partial charge in [-0.2, -0.15) is 13.2 Å². The second kappa shape index (κ2) is 6.94. The standard InChI is InChI=1S/C10H19F3O4S2/c1-4-5-6-7-9(14)8-18(2,3)17-19(15,16)10(11,12)13/h4-8H2,1-3H3/p+1. The molecule has 0 bridgehead atoms. The van der Waals surface area contributed by atoms with Crippen molar-refractivity contribution >= 4 is 26.2 Å². The van der Waals surface area contributed by atoms with Gasteiger partial charge < -0.3 is 0 Å². The van der Waals surface area contributed by atoms with E-state index in [0.717, 1.165) is 12.8 Å². The van der Waals surface area contributed by atoms with Crippen LogP contribution in [-0.2, 0) is 14.9 Å². The third kappa shape index (κ3) is 7.17. The second-order valence-electron chi connectivity index (χ2n) is 4.62. The van der Waals surface area contributed by atoms with Gasteiger partial charge in [0, 0.05) is 18.9 Å². The topological polar surface area (TPSA) is 64.0 Å². The van der Waals surface area contributed by atoms with E-state index in [9.17, 15) is 26.4 Å². The molecule has 19 heavy (non-hydrogen) atoms. The van der Waals surface area contributed by atoms with Crippen LogP contribution in [0.1, 0.15) is 32.6 Å². The first-order chi connectivity index (χ1) is 8.41. The Morgan fingerprint density at radius 2 is 1.68 bits per heavy atom. The van der Waals surface area contributed by atoms with Gasteiger partial charge >= 0.3 is 15.6 Å². The summed E-state index contributed by atoms with van der Waals surface area (Å²) >= 11 is 0. The molecular weight excluding hydrogens is 305 g/mol. The first-order valence-electron chi connectivity index (χ1n) is 5.69. The molecule has 0 heterocycles. The molecule has 0 aliphatic rings. The molecule has 0 rings (SSSR count). The molecule has 0 saturated heterocycles. The van der Waals surface area contributed by atoms with Gasteiger partial charge in [-0.15, -0.1) is 8.42 Å². The van der Waals surface area contributed by atoms with Crippen molar-refractivity contribution in [2.24, 2.45) is 0 Å². The maximum Gasteiger partial charge on any atom is 0.572 e. The lowest BCUT2D eigenvalue weighted by atomic mass is 10.2. The summed E-state index contributed by atoms with van der Waals surface area (Å²) in [5.74, 6) is -0.471. The Balaban J connectivity index is 4.53. The van der Waals surface area contributed by atoms with E-state index >= 15 is 0 Å². The summed E-state index contributed by atoms with van der Waals surface area (Å²) in [6.45, 7) is 1.96. The maximum absolute atomic E-state index is 12.2. The van der Waals surface area contributed by atoms with Crippen molar-refractivity contribution in [1.82, 2.24) is 0 Å². The van der Waals surface area contributed by atoms with E-state index in [4.69, 9.17) is 0 Å². The fourth-order valence-electron chi connectivity index (χ4n) is 1.37. The highest BCUT2D eigenvalue weighted by atomic mass is 32.3. The lowest BCUT2D eigenvalue weighted by Gasteiger charge is -2.24. The Kier molecular flexibility index (Phi) is 6.84. The Labute approximate surface area is 113 Å². The van der Waals surface area contributed by atoms with Gasteiger partial charge in [0.25, 0.3) is 0 Å². The minimum atomic E-state index is -5.52. The van der Waals surface area contributed by atoms with Gasteiger partial charge in [0.1, 0.15) is 5.78 Å². The van der Waals surface area contributed by atoms with E-state index in [1.807, 2.05) is 6.92 Å². The molecule has 0 saturated carbocycles. The van der Waals surface area contributed by atoms with Crippen molar-refractivity contribution in [3.8, 4) is 0 Å². The van der Waals surface area contributed by atoms with Crippen LogP contribution in [0.4, 0.5) is 13.2 Å². The molecule has 116 valence electrons. The summed E-state index contributed by atoms with van der Waals surface area (Å²) in [7, 11) is -8.01. The number of hydrogen-bond acceptors (Lipinski definition) is 3. The monoisotopic (exact) mass is 325 g/mol. The van der Waals surface area contributed by atoms with Crippen LogP contribution < -0.4 is 0 Å². The molecule has 0 spiro atoms. The number of carbonyl (C=O) groups excluding carboxylic acids is 1. The Bertz CT molecular complexity index is 401. The SMILES string of the molecule is CCCCCC(=O)CS(C)(C)[OH+]S(=O)(=O)C(F)(F)F. The molecule has 0 aliphatic heterocycles. The lowest BCUT2D eigenvalue weighted by molar-refractivity contribution is -0.116. The molecule has 0 amide bonds. The van der Waals surface area contributed by atoms with Crippen molar-refractivity contribution in [3.63, 3.8) is 0 Å². The molecule has 1 N–H and O–H groups in total. The van der Waals surface area contributed by atoms with Gasteiger partial charge in [-0.25, -0.2) is 0 Å². The van der Waals surface area contributed by atoms with Crippen LogP contribution in [0.25, 0.3) is 0 Å². The molecule has 0 aromatic carbocycles.